The Balaban J connectivity index is 0.00000372. The summed E-state index contributed by atoms with van der Waals surface area (Å²) in [5.41, 5.74) is 8.59. The second-order valence-corrected chi connectivity index (χ2v) is 14.2. The van der Waals surface area contributed by atoms with E-state index in [1.807, 2.05) is 42.6 Å². The zero-order valence-corrected chi connectivity index (χ0v) is 31.6. The number of hydrogen-bond acceptors (Lipinski definition) is 5. The number of hydrogen-bond donors (Lipinski definition) is 0. The van der Waals surface area contributed by atoms with Gasteiger partial charge >= 0.3 is 0 Å². The number of para-hydroxylation sites is 5. The van der Waals surface area contributed by atoms with Crippen molar-refractivity contribution in [3.63, 3.8) is 0 Å². The molecule has 0 aliphatic carbocycles. The first-order valence-electron chi connectivity index (χ1n) is 17.5. The Morgan fingerprint density at radius 2 is 1.38 bits per heavy atom. The van der Waals surface area contributed by atoms with Gasteiger partial charge in [0.1, 0.15) is 11.4 Å². The Morgan fingerprint density at radius 1 is 0.660 bits per heavy atom. The molecule has 0 atom stereocenters. The SMILES string of the molecule is CC(C)(C)c1ccnc(-n2c3[c-]c(Oc4[c-]c(N5[CH-]N(c6ccccc6)c6ccccc65)c5oc6ccccc6c5c4)ccc3c3ccccc32)c1.[Pt]. The third kappa shape index (κ3) is 5.48. The van der Waals surface area contributed by atoms with Crippen LogP contribution < -0.4 is 14.5 Å². The molecule has 0 saturated heterocycles. The number of ether oxygens (including phenoxy) is 1. The zero-order chi connectivity index (χ0) is 35.0. The quantitative estimate of drug-likeness (QED) is 0.161. The summed E-state index contributed by atoms with van der Waals surface area (Å²) in [6.45, 7) is 8.76. The number of benzene rings is 6. The van der Waals surface area contributed by atoms with E-state index in [1.54, 1.807) is 0 Å². The Labute approximate surface area is 322 Å². The third-order valence-electron chi connectivity index (χ3n) is 9.89. The predicted octanol–water partition coefficient (Wildman–Crippen LogP) is 12.2. The molecule has 0 radical (unpaired) electrons. The number of nitrogens with zero attached hydrogens (tertiary/aromatic N) is 4. The predicted molar refractivity (Wildman–Crippen MR) is 210 cm³/mol. The van der Waals surface area contributed by atoms with Gasteiger partial charge in [0.25, 0.3) is 0 Å². The third-order valence-corrected chi connectivity index (χ3v) is 9.89. The largest absolute Gasteiger partial charge is 0.514 e. The van der Waals surface area contributed by atoms with Crippen LogP contribution in [-0.4, -0.2) is 9.55 Å². The minimum atomic E-state index is -0.0245. The monoisotopic (exact) mass is 868 g/mol. The smallest absolute Gasteiger partial charge is 0.135 e. The van der Waals surface area contributed by atoms with E-state index in [-0.39, 0.29) is 26.5 Å². The molecule has 3 aromatic heterocycles. The molecule has 9 aromatic rings. The van der Waals surface area contributed by atoms with E-state index in [9.17, 15) is 0 Å². The summed E-state index contributed by atoms with van der Waals surface area (Å²) in [4.78, 5) is 9.17. The second-order valence-electron chi connectivity index (χ2n) is 14.2. The zero-order valence-electron chi connectivity index (χ0n) is 29.3. The molecule has 0 N–H and O–H groups in total. The molecule has 0 bridgehead atoms. The fourth-order valence-corrected chi connectivity index (χ4v) is 7.33. The normalized spacial score (nSPS) is 12.9. The minimum absolute atomic E-state index is 0. The number of fused-ring (bicyclic) bond motifs is 7. The van der Waals surface area contributed by atoms with Crippen LogP contribution in [0.2, 0.25) is 0 Å². The van der Waals surface area contributed by atoms with Crippen LogP contribution in [0.3, 0.4) is 0 Å². The van der Waals surface area contributed by atoms with Crippen LogP contribution in [0.15, 0.2) is 144 Å². The molecule has 1 aliphatic heterocycles. The van der Waals surface area contributed by atoms with E-state index in [0.29, 0.717) is 11.5 Å². The molecule has 0 fully saturated rings. The molecule has 0 saturated carbocycles. The van der Waals surface area contributed by atoms with E-state index in [0.717, 1.165) is 72.3 Å². The maximum absolute atomic E-state index is 6.74. The standard InChI is InChI=1S/C46H33N4O2.Pt/c1-46(2,3)30-23-24-47-44(25-30)50-38-17-9-7-15-34(38)35-22-21-32(27-41(35)50)51-33-26-37-36-16-8-12-20-43(36)52-45(37)42(28-33)49-29-48(31-13-5-4-6-14-31)39-18-10-11-19-40(39)49;/h4-26,29H,1-3H3;/q-3;. The van der Waals surface area contributed by atoms with E-state index >= 15 is 0 Å². The fourth-order valence-electron chi connectivity index (χ4n) is 7.33. The molecule has 0 spiro atoms. The van der Waals surface area contributed by atoms with Crippen molar-refractivity contribution in [3.8, 4) is 17.3 Å². The Bertz CT molecular complexity index is 2820. The fraction of sp³-hybridized carbons (Fsp3) is 0.0870. The number of furan rings is 1. The van der Waals surface area contributed by atoms with Crippen molar-refractivity contribution < 1.29 is 30.2 Å². The Hall–Kier alpha value is -5.84. The van der Waals surface area contributed by atoms with Crippen molar-refractivity contribution >= 4 is 66.5 Å². The summed E-state index contributed by atoms with van der Waals surface area (Å²) in [6, 6.07) is 52.9. The van der Waals surface area contributed by atoms with Crippen molar-refractivity contribution in [2.24, 2.45) is 0 Å². The first-order chi connectivity index (χ1) is 25.4. The van der Waals surface area contributed by atoms with Gasteiger partial charge in [-0.15, -0.1) is 36.3 Å². The summed E-state index contributed by atoms with van der Waals surface area (Å²) in [5, 5.41) is 4.17. The average Bonchev–Trinajstić information content (AvgIpc) is 3.84. The van der Waals surface area contributed by atoms with Crippen LogP contribution in [0.5, 0.6) is 11.5 Å². The topological polar surface area (TPSA) is 46.7 Å². The van der Waals surface area contributed by atoms with Crippen LogP contribution in [0.25, 0.3) is 49.6 Å². The van der Waals surface area contributed by atoms with Crippen molar-refractivity contribution in [2.45, 2.75) is 26.2 Å². The average molecular weight is 869 g/mol. The van der Waals surface area contributed by atoms with E-state index in [2.05, 4.69) is 151 Å². The molecule has 262 valence electrons. The van der Waals surface area contributed by atoms with Gasteiger partial charge in [0.05, 0.1) is 0 Å². The maximum atomic E-state index is 6.74. The number of anilines is 4. The van der Waals surface area contributed by atoms with E-state index in [4.69, 9.17) is 14.1 Å². The van der Waals surface area contributed by atoms with E-state index in [1.165, 1.54) is 5.56 Å². The first-order valence-corrected chi connectivity index (χ1v) is 17.5. The molecule has 7 heteroatoms. The number of pyridine rings is 1. The van der Waals surface area contributed by atoms with Crippen LogP contribution in [0.4, 0.5) is 22.7 Å². The molecule has 4 heterocycles. The van der Waals surface area contributed by atoms with Gasteiger partial charge in [0.2, 0.25) is 0 Å². The second kappa shape index (κ2) is 12.7. The van der Waals surface area contributed by atoms with Gasteiger partial charge < -0.3 is 23.5 Å². The number of rotatable bonds is 5. The van der Waals surface area contributed by atoms with Crippen molar-refractivity contribution in [2.75, 3.05) is 9.80 Å². The molecular formula is C46H33N4O2Pt-3. The first kappa shape index (κ1) is 33.0. The molecule has 0 amide bonds. The molecule has 1 aliphatic rings. The summed E-state index contributed by atoms with van der Waals surface area (Å²) in [7, 11) is 0. The summed E-state index contributed by atoms with van der Waals surface area (Å²) >= 11 is 0. The maximum Gasteiger partial charge on any atom is 0.135 e. The molecule has 0 unspecified atom stereocenters. The Morgan fingerprint density at radius 3 is 2.19 bits per heavy atom. The van der Waals surface area contributed by atoms with E-state index < -0.39 is 0 Å². The van der Waals surface area contributed by atoms with Gasteiger partial charge in [-0.3, -0.25) is 0 Å². The minimum Gasteiger partial charge on any atom is -0.514 e. The van der Waals surface area contributed by atoms with Crippen LogP contribution >= 0.6 is 0 Å². The van der Waals surface area contributed by atoms with Gasteiger partial charge in [-0.2, -0.15) is 6.07 Å². The van der Waals surface area contributed by atoms with Crippen molar-refractivity contribution in [1.82, 2.24) is 9.55 Å². The van der Waals surface area contributed by atoms with Crippen LogP contribution in [-0.2, 0) is 26.5 Å². The van der Waals surface area contributed by atoms with Crippen molar-refractivity contribution in [3.05, 3.63) is 164 Å². The van der Waals surface area contributed by atoms with Gasteiger partial charge in [0.15, 0.2) is 0 Å². The summed E-state index contributed by atoms with van der Waals surface area (Å²) in [6.07, 6.45) is 1.89. The molecule has 53 heavy (non-hydrogen) atoms. The van der Waals surface area contributed by atoms with Gasteiger partial charge in [-0.25, -0.2) is 4.98 Å². The summed E-state index contributed by atoms with van der Waals surface area (Å²) < 4.78 is 15.5. The van der Waals surface area contributed by atoms with Crippen molar-refractivity contribution in [1.29, 1.82) is 0 Å². The van der Waals surface area contributed by atoms with Gasteiger partial charge in [0, 0.05) is 72.3 Å². The van der Waals surface area contributed by atoms with Crippen LogP contribution in [0.1, 0.15) is 26.3 Å². The number of aromatic nitrogens is 2. The molecule has 10 rings (SSSR count). The van der Waals surface area contributed by atoms with Gasteiger partial charge in [-0.1, -0.05) is 104 Å². The Kier molecular flexibility index (Phi) is 7.90. The van der Waals surface area contributed by atoms with Crippen LogP contribution in [0, 0.1) is 18.8 Å². The molecule has 6 nitrogen and oxygen atoms in total. The molecular weight excluding hydrogens is 836 g/mol. The van der Waals surface area contributed by atoms with Gasteiger partial charge in [-0.05, 0) is 64.9 Å². The molecule has 6 aromatic carbocycles. The summed E-state index contributed by atoms with van der Waals surface area (Å²) in [5.74, 6) is 1.98.